The number of nitrogens with one attached hydrogen (secondary N) is 1. The minimum absolute atomic E-state index is 0.210. The summed E-state index contributed by atoms with van der Waals surface area (Å²) in [5, 5.41) is 3.34. The molecular weight excluding hydrogens is 439 g/mol. The van der Waals surface area contributed by atoms with Crippen molar-refractivity contribution in [3.05, 3.63) is 61.5 Å². The Morgan fingerprint density at radius 1 is 1.14 bits per heavy atom. The third kappa shape index (κ3) is 4.03. The number of anilines is 1. The average Bonchev–Trinajstić information content (AvgIpc) is 2.40. The predicted molar refractivity (Wildman–Crippen MR) is 97.1 cm³/mol. The Bertz CT molecular complexity index is 737. The molecular formula is C14H9Br2ClN2OS. The summed E-state index contributed by atoms with van der Waals surface area (Å²) in [4.78, 5) is 12.5. The first-order valence-electron chi connectivity index (χ1n) is 5.74. The third-order valence-corrected chi connectivity index (χ3v) is 4.28. The van der Waals surface area contributed by atoms with Gasteiger partial charge in [0.15, 0.2) is 0 Å². The molecule has 7 heteroatoms. The average molecular weight is 449 g/mol. The van der Waals surface area contributed by atoms with Crippen LogP contribution < -0.4 is 11.1 Å². The maximum Gasteiger partial charge on any atom is 0.256 e. The van der Waals surface area contributed by atoms with Gasteiger partial charge in [0.25, 0.3) is 5.91 Å². The molecule has 0 radical (unpaired) electrons. The highest BCUT2D eigenvalue weighted by molar-refractivity contribution is 9.10. The Morgan fingerprint density at radius 2 is 1.86 bits per heavy atom. The number of benzene rings is 2. The molecule has 2 rings (SSSR count). The lowest BCUT2D eigenvalue weighted by atomic mass is 10.1. The highest BCUT2D eigenvalue weighted by Crippen LogP contribution is 2.25. The van der Waals surface area contributed by atoms with E-state index >= 15 is 0 Å². The van der Waals surface area contributed by atoms with Crippen LogP contribution in [0.1, 0.15) is 15.9 Å². The summed E-state index contributed by atoms with van der Waals surface area (Å²) >= 11 is 17.5. The van der Waals surface area contributed by atoms with E-state index in [0.29, 0.717) is 26.3 Å². The largest absolute Gasteiger partial charge is 0.389 e. The van der Waals surface area contributed by atoms with Crippen molar-refractivity contribution in [3.8, 4) is 0 Å². The molecule has 1 amide bonds. The van der Waals surface area contributed by atoms with Gasteiger partial charge in [-0.25, -0.2) is 0 Å². The Balaban J connectivity index is 2.34. The molecule has 0 unspecified atom stereocenters. The highest BCUT2D eigenvalue weighted by Gasteiger charge is 2.14. The van der Waals surface area contributed by atoms with Crippen LogP contribution in [0.4, 0.5) is 5.69 Å². The zero-order valence-electron chi connectivity index (χ0n) is 10.5. The van der Waals surface area contributed by atoms with Crippen molar-refractivity contribution in [3.63, 3.8) is 0 Å². The van der Waals surface area contributed by atoms with Crippen LogP contribution in [0.25, 0.3) is 0 Å². The van der Waals surface area contributed by atoms with Crippen molar-refractivity contribution >= 4 is 72.3 Å². The molecule has 0 aliphatic heterocycles. The van der Waals surface area contributed by atoms with Crippen LogP contribution in [0.2, 0.25) is 5.02 Å². The van der Waals surface area contributed by atoms with E-state index in [9.17, 15) is 4.79 Å². The van der Waals surface area contributed by atoms with Gasteiger partial charge in [0.1, 0.15) is 4.99 Å². The topological polar surface area (TPSA) is 55.1 Å². The molecule has 2 aromatic carbocycles. The minimum Gasteiger partial charge on any atom is -0.389 e. The first-order chi connectivity index (χ1) is 9.88. The Labute approximate surface area is 149 Å². The van der Waals surface area contributed by atoms with Gasteiger partial charge in [0, 0.05) is 19.5 Å². The molecule has 0 aliphatic carbocycles. The van der Waals surface area contributed by atoms with Crippen molar-refractivity contribution in [2.75, 3.05) is 5.32 Å². The number of hydrogen-bond donors (Lipinski definition) is 2. The molecule has 21 heavy (non-hydrogen) atoms. The molecule has 0 aromatic heterocycles. The zero-order chi connectivity index (χ0) is 15.6. The van der Waals surface area contributed by atoms with E-state index in [2.05, 4.69) is 37.2 Å². The first-order valence-corrected chi connectivity index (χ1v) is 8.11. The summed E-state index contributed by atoms with van der Waals surface area (Å²) in [6.45, 7) is 0. The van der Waals surface area contributed by atoms with E-state index in [4.69, 9.17) is 29.6 Å². The van der Waals surface area contributed by atoms with Crippen LogP contribution in [-0.2, 0) is 0 Å². The molecule has 2 aromatic rings. The molecule has 0 atom stereocenters. The van der Waals surface area contributed by atoms with Crippen molar-refractivity contribution in [2.24, 2.45) is 5.73 Å². The van der Waals surface area contributed by atoms with Crippen LogP contribution in [0.5, 0.6) is 0 Å². The first kappa shape index (κ1) is 16.4. The van der Waals surface area contributed by atoms with Crippen molar-refractivity contribution in [1.82, 2.24) is 0 Å². The Kier molecular flexibility index (Phi) is 5.37. The Hall–Kier alpha value is -0.950. The van der Waals surface area contributed by atoms with Gasteiger partial charge in [-0.3, -0.25) is 4.79 Å². The number of hydrogen-bond acceptors (Lipinski definition) is 2. The summed E-state index contributed by atoms with van der Waals surface area (Å²) < 4.78 is 1.44. The molecule has 0 aliphatic rings. The van der Waals surface area contributed by atoms with Crippen LogP contribution in [-0.4, -0.2) is 10.9 Å². The fourth-order valence-electron chi connectivity index (χ4n) is 1.69. The number of carbonyl (C=O) groups is 1. The van der Waals surface area contributed by atoms with E-state index in [0.717, 1.165) is 4.47 Å². The van der Waals surface area contributed by atoms with Gasteiger partial charge < -0.3 is 11.1 Å². The molecule has 0 spiro atoms. The lowest BCUT2D eigenvalue weighted by Crippen LogP contribution is -2.18. The molecule has 0 bridgehead atoms. The number of carbonyl (C=O) groups excluding carboxylic acids is 1. The molecule has 108 valence electrons. The summed E-state index contributed by atoms with van der Waals surface area (Å²) in [6.07, 6.45) is 0. The van der Waals surface area contributed by atoms with Gasteiger partial charge >= 0.3 is 0 Å². The minimum atomic E-state index is -0.279. The van der Waals surface area contributed by atoms with Crippen molar-refractivity contribution in [1.29, 1.82) is 0 Å². The van der Waals surface area contributed by atoms with Gasteiger partial charge in [-0.1, -0.05) is 39.7 Å². The van der Waals surface area contributed by atoms with Gasteiger partial charge in [-0.05, 0) is 52.3 Å². The fourth-order valence-corrected chi connectivity index (χ4v) is 3.09. The van der Waals surface area contributed by atoms with Gasteiger partial charge in [0.2, 0.25) is 0 Å². The van der Waals surface area contributed by atoms with E-state index < -0.39 is 0 Å². The second kappa shape index (κ2) is 6.87. The van der Waals surface area contributed by atoms with Crippen molar-refractivity contribution in [2.45, 2.75) is 0 Å². The van der Waals surface area contributed by atoms with Crippen LogP contribution in [0.15, 0.2) is 45.3 Å². The van der Waals surface area contributed by atoms with E-state index in [1.54, 1.807) is 36.4 Å². The van der Waals surface area contributed by atoms with Crippen molar-refractivity contribution < 1.29 is 4.79 Å². The lowest BCUT2D eigenvalue weighted by Gasteiger charge is -2.11. The molecule has 0 heterocycles. The zero-order valence-corrected chi connectivity index (χ0v) is 15.2. The Morgan fingerprint density at radius 3 is 2.48 bits per heavy atom. The third-order valence-electron chi connectivity index (χ3n) is 2.67. The van der Waals surface area contributed by atoms with Crippen LogP contribution >= 0.6 is 55.7 Å². The molecule has 0 saturated carbocycles. The smallest absolute Gasteiger partial charge is 0.256 e. The second-order valence-corrected chi connectivity index (χ2v) is 6.78. The molecule has 0 saturated heterocycles. The lowest BCUT2D eigenvalue weighted by molar-refractivity contribution is 0.102. The van der Waals surface area contributed by atoms with Crippen LogP contribution in [0, 0.1) is 0 Å². The number of rotatable bonds is 3. The summed E-state index contributed by atoms with van der Waals surface area (Å²) in [5.41, 5.74) is 7.30. The van der Waals surface area contributed by atoms with E-state index in [-0.39, 0.29) is 10.9 Å². The standard InChI is InChI=1S/C14H9Br2ClN2OS/c15-7-1-4-12(10(5-7)13(18)21)19-14(20)9-3-2-8(17)6-11(9)16/h1-6H,(H2,18,21)(H,19,20). The van der Waals surface area contributed by atoms with E-state index in [1.807, 2.05) is 0 Å². The normalized spacial score (nSPS) is 10.2. The van der Waals surface area contributed by atoms with E-state index in [1.165, 1.54) is 0 Å². The SMILES string of the molecule is NC(=S)c1cc(Br)ccc1NC(=O)c1ccc(Cl)cc1Br. The monoisotopic (exact) mass is 446 g/mol. The molecule has 0 fully saturated rings. The number of nitrogens with two attached hydrogens (primary N) is 1. The summed E-state index contributed by atoms with van der Waals surface area (Å²) in [7, 11) is 0. The van der Waals surface area contributed by atoms with Gasteiger partial charge in [-0.15, -0.1) is 0 Å². The predicted octanol–water partition coefficient (Wildman–Crippen LogP) is 4.75. The van der Waals surface area contributed by atoms with Crippen LogP contribution in [0.3, 0.4) is 0 Å². The summed E-state index contributed by atoms with van der Waals surface area (Å²) in [6, 6.07) is 10.2. The number of amides is 1. The fraction of sp³-hybridized carbons (Fsp3) is 0. The molecule has 3 nitrogen and oxygen atoms in total. The highest BCUT2D eigenvalue weighted by atomic mass is 79.9. The quantitative estimate of drug-likeness (QED) is 0.666. The number of halogens is 3. The van der Waals surface area contributed by atoms with Gasteiger partial charge in [0.05, 0.1) is 11.3 Å². The summed E-state index contributed by atoms with van der Waals surface area (Å²) in [5.74, 6) is -0.279. The maximum atomic E-state index is 12.3. The molecule has 3 N–H and O–H groups in total. The number of thiocarbonyl (C=S) groups is 1. The maximum absolute atomic E-state index is 12.3. The van der Waals surface area contributed by atoms with Gasteiger partial charge in [-0.2, -0.15) is 0 Å². The second-order valence-electron chi connectivity index (χ2n) is 4.13.